The van der Waals surface area contributed by atoms with Gasteiger partial charge >= 0.3 is 0 Å². The van der Waals surface area contributed by atoms with Crippen molar-refractivity contribution < 1.29 is 14.3 Å². The summed E-state index contributed by atoms with van der Waals surface area (Å²) in [6.45, 7) is 5.28. The van der Waals surface area contributed by atoms with E-state index in [4.69, 9.17) is 9.47 Å². The largest absolute Gasteiger partial charge is 0.496 e. The zero-order valence-electron chi connectivity index (χ0n) is 16.7. The van der Waals surface area contributed by atoms with E-state index in [0.29, 0.717) is 30.4 Å². The van der Waals surface area contributed by atoms with Crippen LogP contribution in [0.4, 0.5) is 0 Å². The number of carbonyl (C=O) groups excluding carboxylic acids is 1. The Morgan fingerprint density at radius 3 is 2.57 bits per heavy atom. The second kappa shape index (κ2) is 9.27. The molecule has 0 aliphatic rings. The summed E-state index contributed by atoms with van der Waals surface area (Å²) in [4.78, 5) is 12.4. The van der Waals surface area contributed by atoms with Crippen molar-refractivity contribution in [3.8, 4) is 11.5 Å². The van der Waals surface area contributed by atoms with Gasteiger partial charge in [-0.15, -0.1) is 0 Å². The SMILES string of the molecule is COc1ccc(C(=O)NCCC(C)C)cc1COc1cccc2ccccc12. The molecule has 0 heterocycles. The highest BCUT2D eigenvalue weighted by molar-refractivity contribution is 5.94. The fraction of sp³-hybridized carbons (Fsp3) is 0.292. The maximum atomic E-state index is 12.4. The number of methoxy groups -OCH3 is 1. The van der Waals surface area contributed by atoms with E-state index in [1.807, 2.05) is 42.5 Å². The summed E-state index contributed by atoms with van der Waals surface area (Å²) in [5.41, 5.74) is 1.45. The van der Waals surface area contributed by atoms with Gasteiger partial charge in [0.05, 0.1) is 7.11 Å². The Kier molecular flexibility index (Phi) is 6.53. The molecule has 0 aromatic heterocycles. The molecule has 0 saturated heterocycles. The number of nitrogens with one attached hydrogen (secondary N) is 1. The Labute approximate surface area is 166 Å². The monoisotopic (exact) mass is 377 g/mol. The second-order valence-electron chi connectivity index (χ2n) is 7.23. The average molecular weight is 377 g/mol. The van der Waals surface area contributed by atoms with Gasteiger partial charge < -0.3 is 14.8 Å². The van der Waals surface area contributed by atoms with Gasteiger partial charge in [0.15, 0.2) is 0 Å². The van der Waals surface area contributed by atoms with E-state index in [-0.39, 0.29) is 5.91 Å². The van der Waals surface area contributed by atoms with Crippen molar-refractivity contribution in [3.63, 3.8) is 0 Å². The zero-order valence-corrected chi connectivity index (χ0v) is 16.7. The van der Waals surface area contributed by atoms with Crippen LogP contribution in [-0.4, -0.2) is 19.6 Å². The van der Waals surface area contributed by atoms with E-state index in [0.717, 1.165) is 28.5 Å². The first-order valence-corrected chi connectivity index (χ1v) is 9.64. The molecule has 0 radical (unpaired) electrons. The minimum Gasteiger partial charge on any atom is -0.496 e. The lowest BCUT2D eigenvalue weighted by Crippen LogP contribution is -2.25. The first-order chi connectivity index (χ1) is 13.6. The maximum Gasteiger partial charge on any atom is 0.251 e. The zero-order chi connectivity index (χ0) is 19.9. The van der Waals surface area contributed by atoms with Crippen LogP contribution >= 0.6 is 0 Å². The van der Waals surface area contributed by atoms with Crippen molar-refractivity contribution in [3.05, 3.63) is 71.8 Å². The van der Waals surface area contributed by atoms with Crippen LogP contribution in [0, 0.1) is 5.92 Å². The van der Waals surface area contributed by atoms with E-state index >= 15 is 0 Å². The normalized spacial score (nSPS) is 10.9. The van der Waals surface area contributed by atoms with Crippen molar-refractivity contribution in [2.75, 3.05) is 13.7 Å². The number of fused-ring (bicyclic) bond motifs is 1. The molecule has 0 bridgehead atoms. The van der Waals surface area contributed by atoms with Crippen molar-refractivity contribution in [2.24, 2.45) is 5.92 Å². The predicted octanol–water partition coefficient (Wildman–Crippen LogP) is 5.20. The number of ether oxygens (including phenoxy) is 2. The highest BCUT2D eigenvalue weighted by atomic mass is 16.5. The van der Waals surface area contributed by atoms with E-state index < -0.39 is 0 Å². The van der Waals surface area contributed by atoms with Gasteiger partial charge in [0.25, 0.3) is 5.91 Å². The number of carbonyl (C=O) groups is 1. The third-order valence-electron chi connectivity index (χ3n) is 4.68. The van der Waals surface area contributed by atoms with Crippen LogP contribution in [0.25, 0.3) is 10.8 Å². The lowest BCUT2D eigenvalue weighted by molar-refractivity contribution is 0.0952. The first kappa shape index (κ1) is 19.7. The molecule has 28 heavy (non-hydrogen) atoms. The fourth-order valence-corrected chi connectivity index (χ4v) is 3.09. The molecule has 1 amide bonds. The van der Waals surface area contributed by atoms with Crippen molar-refractivity contribution in [1.82, 2.24) is 5.32 Å². The average Bonchev–Trinajstić information content (AvgIpc) is 2.71. The Morgan fingerprint density at radius 2 is 1.79 bits per heavy atom. The summed E-state index contributed by atoms with van der Waals surface area (Å²) in [5.74, 6) is 2.00. The molecular weight excluding hydrogens is 350 g/mol. The van der Waals surface area contributed by atoms with Gasteiger partial charge in [-0.1, -0.05) is 50.2 Å². The third kappa shape index (κ3) is 4.83. The topological polar surface area (TPSA) is 47.6 Å². The lowest BCUT2D eigenvalue weighted by atomic mass is 10.1. The molecule has 3 aromatic rings. The molecule has 0 unspecified atom stereocenters. The maximum absolute atomic E-state index is 12.4. The van der Waals surface area contributed by atoms with E-state index in [2.05, 4.69) is 31.3 Å². The summed E-state index contributed by atoms with van der Waals surface area (Å²) in [6.07, 6.45) is 0.957. The number of hydrogen-bond acceptors (Lipinski definition) is 3. The van der Waals surface area contributed by atoms with Crippen LogP contribution in [0.15, 0.2) is 60.7 Å². The Morgan fingerprint density at radius 1 is 1.00 bits per heavy atom. The highest BCUT2D eigenvalue weighted by Gasteiger charge is 2.12. The molecule has 0 atom stereocenters. The molecule has 4 nitrogen and oxygen atoms in total. The molecule has 3 rings (SSSR count). The third-order valence-corrected chi connectivity index (χ3v) is 4.68. The lowest BCUT2D eigenvalue weighted by Gasteiger charge is -2.14. The smallest absolute Gasteiger partial charge is 0.251 e. The molecule has 0 fully saturated rings. The quantitative estimate of drug-likeness (QED) is 0.587. The summed E-state index contributed by atoms with van der Waals surface area (Å²) >= 11 is 0. The number of hydrogen-bond donors (Lipinski definition) is 1. The molecule has 0 aliphatic heterocycles. The van der Waals surface area contributed by atoms with Gasteiger partial charge in [0.1, 0.15) is 18.1 Å². The molecule has 146 valence electrons. The van der Waals surface area contributed by atoms with Crippen LogP contribution < -0.4 is 14.8 Å². The number of benzene rings is 3. The Bertz CT molecular complexity index is 944. The number of amides is 1. The molecular formula is C24H27NO3. The second-order valence-corrected chi connectivity index (χ2v) is 7.23. The van der Waals surface area contributed by atoms with Crippen LogP contribution in [0.5, 0.6) is 11.5 Å². The molecule has 0 spiro atoms. The predicted molar refractivity (Wildman–Crippen MR) is 113 cm³/mol. The summed E-state index contributed by atoms with van der Waals surface area (Å²) in [7, 11) is 1.62. The van der Waals surface area contributed by atoms with Crippen molar-refractivity contribution in [2.45, 2.75) is 26.9 Å². The molecule has 4 heteroatoms. The van der Waals surface area contributed by atoms with Gasteiger partial charge in [0, 0.05) is 23.1 Å². The summed E-state index contributed by atoms with van der Waals surface area (Å²) in [5, 5.41) is 5.16. The first-order valence-electron chi connectivity index (χ1n) is 9.64. The van der Waals surface area contributed by atoms with E-state index in [9.17, 15) is 4.79 Å². The minimum absolute atomic E-state index is 0.0743. The van der Waals surface area contributed by atoms with Crippen LogP contribution in [0.2, 0.25) is 0 Å². The van der Waals surface area contributed by atoms with Crippen LogP contribution in [-0.2, 0) is 6.61 Å². The molecule has 3 aromatic carbocycles. The standard InChI is InChI=1S/C24H27NO3/c1-17(2)13-14-25-24(26)19-11-12-22(27-3)20(15-19)16-28-23-10-6-8-18-7-4-5-9-21(18)23/h4-12,15,17H,13-14,16H2,1-3H3,(H,25,26). The van der Waals surface area contributed by atoms with Crippen molar-refractivity contribution >= 4 is 16.7 Å². The summed E-state index contributed by atoms with van der Waals surface area (Å²) < 4.78 is 11.5. The van der Waals surface area contributed by atoms with Crippen molar-refractivity contribution in [1.29, 1.82) is 0 Å². The molecule has 0 aliphatic carbocycles. The minimum atomic E-state index is -0.0743. The Balaban J connectivity index is 1.76. The number of rotatable bonds is 8. The highest BCUT2D eigenvalue weighted by Crippen LogP contribution is 2.28. The Hall–Kier alpha value is -3.01. The van der Waals surface area contributed by atoms with E-state index in [1.165, 1.54) is 0 Å². The fourth-order valence-electron chi connectivity index (χ4n) is 3.09. The van der Waals surface area contributed by atoms with Gasteiger partial charge in [-0.3, -0.25) is 4.79 Å². The van der Waals surface area contributed by atoms with Gasteiger partial charge in [-0.25, -0.2) is 0 Å². The van der Waals surface area contributed by atoms with Gasteiger partial charge in [-0.05, 0) is 42.0 Å². The van der Waals surface area contributed by atoms with E-state index in [1.54, 1.807) is 13.2 Å². The molecule has 0 saturated carbocycles. The van der Waals surface area contributed by atoms with Crippen LogP contribution in [0.1, 0.15) is 36.2 Å². The van der Waals surface area contributed by atoms with Gasteiger partial charge in [0.2, 0.25) is 0 Å². The summed E-state index contributed by atoms with van der Waals surface area (Å²) in [6, 6.07) is 19.5. The molecule has 1 N–H and O–H groups in total. The van der Waals surface area contributed by atoms with Gasteiger partial charge in [-0.2, -0.15) is 0 Å². The van der Waals surface area contributed by atoms with Crippen LogP contribution in [0.3, 0.4) is 0 Å².